The van der Waals surface area contributed by atoms with E-state index in [1.165, 1.54) is 16.2 Å². The second-order valence-electron chi connectivity index (χ2n) is 10.7. The van der Waals surface area contributed by atoms with Gasteiger partial charge < -0.3 is 19.3 Å². The highest BCUT2D eigenvalue weighted by molar-refractivity contribution is 7.22. The van der Waals surface area contributed by atoms with E-state index in [9.17, 15) is 14.7 Å². The van der Waals surface area contributed by atoms with Gasteiger partial charge in [-0.1, -0.05) is 43.2 Å². The standard InChI is InChI=1S/C35H38N2O6S/c1-6-9-10-17-43-26-16-13-24(20-27(26)42-8-3)31-29(32(38)23-11-14-25(15-12-23)41-7-2)33(39)34(40)37(31)35-36-30-22(5)18-21(4)19-28(30)44-35/h11-16,18-20,31,38H,6-10,17H2,1-5H3. The van der Waals surface area contributed by atoms with Gasteiger partial charge in [0.15, 0.2) is 16.6 Å². The van der Waals surface area contributed by atoms with Crippen LogP contribution in [0, 0.1) is 13.8 Å². The number of anilines is 1. The molecule has 0 saturated carbocycles. The van der Waals surface area contributed by atoms with Crippen LogP contribution in [0.3, 0.4) is 0 Å². The Hall–Kier alpha value is -4.37. The Labute approximate surface area is 261 Å². The van der Waals surface area contributed by atoms with Crippen molar-refractivity contribution in [2.75, 3.05) is 24.7 Å². The van der Waals surface area contributed by atoms with Crippen molar-refractivity contribution in [2.45, 2.75) is 59.9 Å². The summed E-state index contributed by atoms with van der Waals surface area (Å²) in [7, 11) is 0. The molecular formula is C35H38N2O6S. The summed E-state index contributed by atoms with van der Waals surface area (Å²) in [6, 6.07) is 15.3. The van der Waals surface area contributed by atoms with Gasteiger partial charge in [0, 0.05) is 5.56 Å². The number of Topliss-reactive ketones (excluding diaryl/α,β-unsaturated/α-hetero) is 1. The summed E-state index contributed by atoms with van der Waals surface area (Å²) in [5.41, 5.74) is 3.80. The van der Waals surface area contributed by atoms with Gasteiger partial charge >= 0.3 is 5.91 Å². The van der Waals surface area contributed by atoms with Crippen LogP contribution in [-0.2, 0) is 9.59 Å². The van der Waals surface area contributed by atoms with Gasteiger partial charge in [0.2, 0.25) is 0 Å². The van der Waals surface area contributed by atoms with Crippen LogP contribution in [0.15, 0.2) is 60.2 Å². The molecule has 0 radical (unpaired) electrons. The molecule has 0 spiro atoms. The Morgan fingerprint density at radius 3 is 2.36 bits per heavy atom. The molecule has 0 bridgehead atoms. The fourth-order valence-corrected chi connectivity index (χ4v) is 6.62. The van der Waals surface area contributed by atoms with E-state index < -0.39 is 17.7 Å². The van der Waals surface area contributed by atoms with Crippen molar-refractivity contribution in [3.05, 3.63) is 82.4 Å². The summed E-state index contributed by atoms with van der Waals surface area (Å²) in [5, 5.41) is 12.0. The Morgan fingerprint density at radius 2 is 1.66 bits per heavy atom. The van der Waals surface area contributed by atoms with Crippen LogP contribution in [0.1, 0.15) is 68.3 Å². The van der Waals surface area contributed by atoms with Gasteiger partial charge in [0.05, 0.1) is 41.7 Å². The van der Waals surface area contributed by atoms with E-state index in [0.717, 1.165) is 40.6 Å². The number of benzene rings is 3. The lowest BCUT2D eigenvalue weighted by atomic mass is 9.95. The number of thiazole rings is 1. The minimum Gasteiger partial charge on any atom is -0.507 e. The molecule has 1 aliphatic rings. The predicted molar refractivity (Wildman–Crippen MR) is 174 cm³/mol. The van der Waals surface area contributed by atoms with Crippen molar-refractivity contribution in [3.63, 3.8) is 0 Å². The lowest BCUT2D eigenvalue weighted by molar-refractivity contribution is -0.132. The summed E-state index contributed by atoms with van der Waals surface area (Å²) >= 11 is 1.34. The number of ether oxygens (including phenoxy) is 3. The van der Waals surface area contributed by atoms with Crippen LogP contribution in [-0.4, -0.2) is 41.6 Å². The minimum absolute atomic E-state index is 0.0228. The molecule has 1 amide bonds. The number of fused-ring (bicyclic) bond motifs is 1. The maximum absolute atomic E-state index is 13.8. The SMILES string of the molecule is CCCCCOc1ccc(C2C(=C(O)c3ccc(OCC)cc3)C(=O)C(=O)N2c2nc3c(C)cc(C)cc3s2)cc1OCC. The second-order valence-corrected chi connectivity index (χ2v) is 11.8. The number of aliphatic hydroxyl groups excluding tert-OH is 1. The first-order valence-electron chi connectivity index (χ1n) is 15.1. The molecule has 1 N–H and O–H groups in total. The Morgan fingerprint density at radius 1 is 0.909 bits per heavy atom. The fourth-order valence-electron chi connectivity index (χ4n) is 5.45. The van der Waals surface area contributed by atoms with E-state index in [-0.39, 0.29) is 11.3 Å². The highest BCUT2D eigenvalue weighted by Crippen LogP contribution is 2.46. The molecule has 44 heavy (non-hydrogen) atoms. The van der Waals surface area contributed by atoms with Crippen LogP contribution >= 0.6 is 11.3 Å². The normalized spacial score (nSPS) is 16.1. The van der Waals surface area contributed by atoms with E-state index in [2.05, 4.69) is 6.92 Å². The average Bonchev–Trinajstić information content (AvgIpc) is 3.54. The van der Waals surface area contributed by atoms with Crippen LogP contribution in [0.2, 0.25) is 0 Å². The quantitative estimate of drug-likeness (QED) is 0.0749. The van der Waals surface area contributed by atoms with Crippen LogP contribution in [0.25, 0.3) is 16.0 Å². The number of unbranched alkanes of at least 4 members (excludes halogenated alkanes) is 2. The summed E-state index contributed by atoms with van der Waals surface area (Å²) in [6.45, 7) is 11.3. The lowest BCUT2D eigenvalue weighted by Crippen LogP contribution is -2.29. The van der Waals surface area contributed by atoms with Gasteiger partial charge in [-0.25, -0.2) is 4.98 Å². The van der Waals surface area contributed by atoms with Crippen molar-refractivity contribution in [3.8, 4) is 17.2 Å². The predicted octanol–water partition coefficient (Wildman–Crippen LogP) is 7.91. The minimum atomic E-state index is -0.947. The Kier molecular flexibility index (Phi) is 9.54. The number of hydrogen-bond donors (Lipinski definition) is 1. The van der Waals surface area contributed by atoms with Crippen molar-refractivity contribution < 1.29 is 28.9 Å². The smallest absolute Gasteiger partial charge is 0.301 e. The third-order valence-corrected chi connectivity index (χ3v) is 8.50. The van der Waals surface area contributed by atoms with Crippen LogP contribution in [0.4, 0.5) is 5.13 Å². The molecule has 230 valence electrons. The van der Waals surface area contributed by atoms with Crippen LogP contribution < -0.4 is 19.1 Å². The molecule has 3 aromatic carbocycles. The topological polar surface area (TPSA) is 98.2 Å². The molecule has 4 aromatic rings. The third-order valence-electron chi connectivity index (χ3n) is 7.50. The summed E-state index contributed by atoms with van der Waals surface area (Å²) in [4.78, 5) is 33.8. The zero-order chi connectivity index (χ0) is 31.4. The molecule has 1 saturated heterocycles. The summed E-state index contributed by atoms with van der Waals surface area (Å²) in [5.74, 6) is -0.0905. The molecule has 1 unspecified atom stereocenters. The molecule has 1 aliphatic heterocycles. The molecule has 2 heterocycles. The first-order chi connectivity index (χ1) is 21.3. The van der Waals surface area contributed by atoms with Gasteiger partial charge in [-0.15, -0.1) is 0 Å². The number of rotatable bonds is 12. The number of carbonyl (C=O) groups excluding carboxylic acids is 2. The van der Waals surface area contributed by atoms with Crippen molar-refractivity contribution in [1.82, 2.24) is 4.98 Å². The van der Waals surface area contributed by atoms with Gasteiger partial charge in [-0.3, -0.25) is 14.5 Å². The largest absolute Gasteiger partial charge is 0.507 e. The van der Waals surface area contributed by atoms with Crippen molar-refractivity contribution in [2.24, 2.45) is 0 Å². The van der Waals surface area contributed by atoms with E-state index in [1.54, 1.807) is 36.4 Å². The molecule has 1 fully saturated rings. The molecular weight excluding hydrogens is 576 g/mol. The Bertz CT molecular complexity index is 1710. The maximum Gasteiger partial charge on any atom is 0.301 e. The average molecular weight is 615 g/mol. The number of hydrogen-bond acceptors (Lipinski definition) is 8. The van der Waals surface area contributed by atoms with Crippen molar-refractivity contribution in [1.29, 1.82) is 0 Å². The molecule has 1 atom stereocenters. The first kappa shape index (κ1) is 31.1. The number of aliphatic hydroxyl groups is 1. The number of ketones is 1. The number of nitrogens with zero attached hydrogens (tertiary/aromatic N) is 2. The second kappa shape index (κ2) is 13.5. The van der Waals surface area contributed by atoms with Crippen molar-refractivity contribution >= 4 is 44.1 Å². The first-order valence-corrected chi connectivity index (χ1v) is 15.9. The zero-order valence-corrected chi connectivity index (χ0v) is 26.6. The highest BCUT2D eigenvalue weighted by Gasteiger charge is 2.48. The maximum atomic E-state index is 13.8. The summed E-state index contributed by atoms with van der Waals surface area (Å²) in [6.07, 6.45) is 3.06. The summed E-state index contributed by atoms with van der Waals surface area (Å²) < 4.78 is 18.5. The number of carbonyl (C=O) groups is 2. The van der Waals surface area contributed by atoms with E-state index in [4.69, 9.17) is 19.2 Å². The zero-order valence-electron chi connectivity index (χ0n) is 25.8. The lowest BCUT2D eigenvalue weighted by Gasteiger charge is -2.24. The monoisotopic (exact) mass is 614 g/mol. The van der Waals surface area contributed by atoms with E-state index in [0.29, 0.717) is 53.3 Å². The molecule has 8 nitrogen and oxygen atoms in total. The van der Waals surface area contributed by atoms with Gasteiger partial charge in [0.1, 0.15) is 11.5 Å². The number of aromatic nitrogens is 1. The Balaban J connectivity index is 1.66. The van der Waals surface area contributed by atoms with Gasteiger partial charge in [0.25, 0.3) is 5.78 Å². The third kappa shape index (κ3) is 6.15. The van der Waals surface area contributed by atoms with E-state index in [1.807, 2.05) is 45.9 Å². The fraction of sp³-hybridized carbons (Fsp3) is 0.343. The van der Waals surface area contributed by atoms with E-state index >= 15 is 0 Å². The molecule has 5 rings (SSSR count). The van der Waals surface area contributed by atoms with Gasteiger partial charge in [-0.05, 0) is 93.3 Å². The number of aryl methyl sites for hydroxylation is 2. The van der Waals surface area contributed by atoms with Gasteiger partial charge in [-0.2, -0.15) is 0 Å². The molecule has 0 aliphatic carbocycles. The molecule has 9 heteroatoms. The highest BCUT2D eigenvalue weighted by atomic mass is 32.1. The number of amides is 1. The molecule has 1 aromatic heterocycles. The van der Waals surface area contributed by atoms with Crippen LogP contribution in [0.5, 0.6) is 17.2 Å².